The van der Waals surface area contributed by atoms with Gasteiger partial charge in [-0.2, -0.15) is 0 Å². The first-order valence-corrected chi connectivity index (χ1v) is 5.10. The maximum atomic E-state index is 10.9. The summed E-state index contributed by atoms with van der Waals surface area (Å²) in [5.74, 6) is 2.50. The van der Waals surface area contributed by atoms with Crippen molar-refractivity contribution in [3.8, 4) is 23.8 Å². The Morgan fingerprint density at radius 2 is 2.22 bits per heavy atom. The van der Waals surface area contributed by atoms with Gasteiger partial charge in [-0.1, -0.05) is 5.92 Å². The van der Waals surface area contributed by atoms with E-state index in [1.54, 1.807) is 6.92 Å². The number of carbonyl (C=O) groups is 1. The quantitative estimate of drug-likeness (QED) is 0.332. The van der Waals surface area contributed by atoms with Crippen LogP contribution in [0.5, 0.6) is 11.5 Å². The van der Waals surface area contributed by atoms with E-state index in [-0.39, 0.29) is 36.0 Å². The number of hydrogen-bond acceptors (Lipinski definition) is 5. The van der Waals surface area contributed by atoms with Gasteiger partial charge in [-0.25, -0.2) is 0 Å². The van der Waals surface area contributed by atoms with Crippen molar-refractivity contribution < 1.29 is 19.2 Å². The van der Waals surface area contributed by atoms with Crippen molar-refractivity contribution in [1.29, 1.82) is 0 Å². The van der Waals surface area contributed by atoms with Crippen LogP contribution in [-0.4, -0.2) is 24.4 Å². The third kappa shape index (κ3) is 2.98. The van der Waals surface area contributed by atoms with Gasteiger partial charge in [-0.05, 0) is 6.92 Å². The van der Waals surface area contributed by atoms with Gasteiger partial charge in [-0.15, -0.1) is 6.42 Å². The van der Waals surface area contributed by atoms with E-state index < -0.39 is 4.92 Å². The molecule has 0 aliphatic rings. The van der Waals surface area contributed by atoms with Crippen molar-refractivity contribution in [2.75, 3.05) is 13.2 Å². The fourth-order valence-corrected chi connectivity index (χ4v) is 1.33. The van der Waals surface area contributed by atoms with Gasteiger partial charge in [0.05, 0.1) is 23.2 Å². The van der Waals surface area contributed by atoms with E-state index in [0.29, 0.717) is 6.29 Å². The Bertz CT molecular complexity index is 504. The predicted octanol–water partition coefficient (Wildman–Crippen LogP) is 1.82. The zero-order valence-corrected chi connectivity index (χ0v) is 9.71. The topological polar surface area (TPSA) is 78.7 Å². The lowest BCUT2D eigenvalue weighted by molar-refractivity contribution is -0.385. The SMILES string of the molecule is C#CCOc1c(C=O)cc([N+](=O)[O-])cc1OCC. The maximum absolute atomic E-state index is 10.9. The van der Waals surface area contributed by atoms with Crippen molar-refractivity contribution in [2.45, 2.75) is 6.92 Å². The number of nitrogens with zero attached hydrogens (tertiary/aromatic N) is 1. The summed E-state index contributed by atoms with van der Waals surface area (Å²) < 4.78 is 10.4. The summed E-state index contributed by atoms with van der Waals surface area (Å²) in [6.07, 6.45) is 5.52. The molecular weight excluding hydrogens is 238 g/mol. The molecule has 6 heteroatoms. The lowest BCUT2D eigenvalue weighted by Crippen LogP contribution is -2.03. The van der Waals surface area contributed by atoms with Crippen LogP contribution in [0.4, 0.5) is 5.69 Å². The van der Waals surface area contributed by atoms with Crippen LogP contribution in [0, 0.1) is 22.5 Å². The molecule has 0 heterocycles. The lowest BCUT2D eigenvalue weighted by atomic mass is 10.1. The zero-order chi connectivity index (χ0) is 13.5. The van der Waals surface area contributed by atoms with E-state index in [4.69, 9.17) is 15.9 Å². The average molecular weight is 249 g/mol. The highest BCUT2D eigenvalue weighted by Gasteiger charge is 2.18. The number of aldehydes is 1. The number of benzene rings is 1. The first kappa shape index (κ1) is 13.5. The number of terminal acetylenes is 1. The second-order valence-corrected chi connectivity index (χ2v) is 3.16. The van der Waals surface area contributed by atoms with Crippen molar-refractivity contribution in [2.24, 2.45) is 0 Å². The summed E-state index contributed by atoms with van der Waals surface area (Å²) in [7, 11) is 0. The average Bonchev–Trinajstić information content (AvgIpc) is 2.36. The van der Waals surface area contributed by atoms with Crippen LogP contribution in [0.1, 0.15) is 17.3 Å². The van der Waals surface area contributed by atoms with Crippen LogP contribution >= 0.6 is 0 Å². The Balaban J connectivity index is 3.31. The third-order valence-electron chi connectivity index (χ3n) is 2.01. The molecule has 0 spiro atoms. The Kier molecular flexibility index (Phi) is 4.69. The zero-order valence-electron chi connectivity index (χ0n) is 9.71. The largest absolute Gasteiger partial charge is 0.490 e. The number of nitro benzene ring substituents is 1. The van der Waals surface area contributed by atoms with E-state index in [0.717, 1.165) is 6.07 Å². The molecule has 0 atom stereocenters. The molecule has 0 saturated heterocycles. The molecule has 0 aliphatic heterocycles. The monoisotopic (exact) mass is 249 g/mol. The highest BCUT2D eigenvalue weighted by Crippen LogP contribution is 2.35. The fourth-order valence-electron chi connectivity index (χ4n) is 1.33. The smallest absolute Gasteiger partial charge is 0.274 e. The molecule has 18 heavy (non-hydrogen) atoms. The molecule has 0 aromatic heterocycles. The second kappa shape index (κ2) is 6.25. The fraction of sp³-hybridized carbons (Fsp3) is 0.250. The predicted molar refractivity (Wildman–Crippen MR) is 64.0 cm³/mol. The van der Waals surface area contributed by atoms with Crippen LogP contribution in [0.3, 0.4) is 0 Å². The Morgan fingerprint density at radius 1 is 1.50 bits per heavy atom. The summed E-state index contributed by atoms with van der Waals surface area (Å²) in [4.78, 5) is 21.0. The molecule has 0 amide bonds. The number of hydrogen-bond donors (Lipinski definition) is 0. The molecule has 6 nitrogen and oxygen atoms in total. The molecule has 1 aromatic rings. The van der Waals surface area contributed by atoms with E-state index in [2.05, 4.69) is 5.92 Å². The van der Waals surface area contributed by atoms with Gasteiger partial charge in [0.15, 0.2) is 17.8 Å². The Labute approximate surface area is 104 Å². The van der Waals surface area contributed by atoms with Gasteiger partial charge in [0.25, 0.3) is 5.69 Å². The summed E-state index contributed by atoms with van der Waals surface area (Å²) in [6.45, 7) is 1.94. The Hall–Kier alpha value is -2.55. The van der Waals surface area contributed by atoms with Gasteiger partial charge in [0, 0.05) is 6.07 Å². The molecule has 0 unspecified atom stereocenters. The number of non-ortho nitro benzene ring substituents is 1. The molecular formula is C12H11NO5. The van der Waals surface area contributed by atoms with E-state index in [1.165, 1.54) is 6.07 Å². The molecule has 1 rings (SSSR count). The molecule has 1 aromatic carbocycles. The Morgan fingerprint density at radius 3 is 2.72 bits per heavy atom. The van der Waals surface area contributed by atoms with Gasteiger partial charge in [-0.3, -0.25) is 14.9 Å². The molecule has 0 bridgehead atoms. The summed E-state index contributed by atoms with van der Waals surface area (Å²) >= 11 is 0. The van der Waals surface area contributed by atoms with Crippen LogP contribution in [0.2, 0.25) is 0 Å². The van der Waals surface area contributed by atoms with Gasteiger partial charge >= 0.3 is 0 Å². The first-order valence-electron chi connectivity index (χ1n) is 5.10. The lowest BCUT2D eigenvalue weighted by Gasteiger charge is -2.11. The molecule has 0 aliphatic carbocycles. The molecule has 0 N–H and O–H groups in total. The number of nitro groups is 1. The molecule has 94 valence electrons. The first-order chi connectivity index (χ1) is 8.63. The van der Waals surface area contributed by atoms with Gasteiger partial charge in [0.1, 0.15) is 6.61 Å². The maximum Gasteiger partial charge on any atom is 0.274 e. The molecule has 0 saturated carbocycles. The van der Waals surface area contributed by atoms with Crippen molar-refractivity contribution in [3.05, 3.63) is 27.8 Å². The minimum atomic E-state index is -0.611. The number of carbonyl (C=O) groups excluding carboxylic acids is 1. The molecule has 0 fully saturated rings. The van der Waals surface area contributed by atoms with E-state index in [1.807, 2.05) is 0 Å². The van der Waals surface area contributed by atoms with E-state index in [9.17, 15) is 14.9 Å². The van der Waals surface area contributed by atoms with Crippen LogP contribution in [0.15, 0.2) is 12.1 Å². The van der Waals surface area contributed by atoms with Crippen molar-refractivity contribution in [1.82, 2.24) is 0 Å². The molecule has 0 radical (unpaired) electrons. The van der Waals surface area contributed by atoms with Crippen molar-refractivity contribution in [3.63, 3.8) is 0 Å². The summed E-state index contributed by atoms with van der Waals surface area (Å²) in [5.41, 5.74) is -0.212. The summed E-state index contributed by atoms with van der Waals surface area (Å²) in [5, 5.41) is 10.7. The third-order valence-corrected chi connectivity index (χ3v) is 2.01. The highest BCUT2D eigenvalue weighted by atomic mass is 16.6. The minimum Gasteiger partial charge on any atom is -0.490 e. The van der Waals surface area contributed by atoms with E-state index >= 15 is 0 Å². The summed E-state index contributed by atoms with van der Waals surface area (Å²) in [6, 6.07) is 2.31. The number of ether oxygens (including phenoxy) is 2. The van der Waals surface area contributed by atoms with Crippen LogP contribution < -0.4 is 9.47 Å². The highest BCUT2D eigenvalue weighted by molar-refractivity contribution is 5.83. The van der Waals surface area contributed by atoms with Crippen LogP contribution in [-0.2, 0) is 0 Å². The standard InChI is InChI=1S/C12H11NO5/c1-3-5-18-12-9(8-14)6-10(13(15)16)7-11(12)17-4-2/h1,6-8H,4-5H2,2H3. The number of rotatable bonds is 6. The van der Waals surface area contributed by atoms with Crippen molar-refractivity contribution >= 4 is 12.0 Å². The second-order valence-electron chi connectivity index (χ2n) is 3.16. The van der Waals surface area contributed by atoms with Crippen LogP contribution in [0.25, 0.3) is 0 Å². The normalized spacial score (nSPS) is 9.33. The minimum absolute atomic E-state index is 0.0305. The van der Waals surface area contributed by atoms with Gasteiger partial charge < -0.3 is 9.47 Å². The van der Waals surface area contributed by atoms with Gasteiger partial charge in [0.2, 0.25) is 0 Å².